The monoisotopic (exact) mass is 345 g/mol. The minimum absolute atomic E-state index is 0.0851. The van der Waals surface area contributed by atoms with Crippen LogP contribution in [0.3, 0.4) is 0 Å². The van der Waals surface area contributed by atoms with Crippen molar-refractivity contribution in [3.8, 4) is 11.5 Å². The van der Waals surface area contributed by atoms with Crippen molar-refractivity contribution < 1.29 is 14.3 Å². The van der Waals surface area contributed by atoms with Gasteiger partial charge in [0.25, 0.3) is 0 Å². The van der Waals surface area contributed by atoms with Crippen molar-refractivity contribution in [2.45, 2.75) is 19.4 Å². The maximum absolute atomic E-state index is 12.3. The molecule has 0 spiro atoms. The SMILES string of the molecule is COc1ccc(OC)c(C(C)NC(=O)Cc2cn3ccsc3n2)c1. The van der Waals surface area contributed by atoms with Crippen LogP contribution in [-0.4, -0.2) is 29.5 Å². The van der Waals surface area contributed by atoms with Crippen LogP contribution in [0.5, 0.6) is 11.5 Å². The molecule has 7 heteroatoms. The number of rotatable bonds is 6. The molecule has 0 saturated heterocycles. The van der Waals surface area contributed by atoms with E-state index in [1.807, 2.05) is 47.3 Å². The van der Waals surface area contributed by atoms with Crippen LogP contribution in [0.25, 0.3) is 4.96 Å². The minimum atomic E-state index is -0.203. The van der Waals surface area contributed by atoms with E-state index in [0.29, 0.717) is 5.75 Å². The molecule has 3 rings (SSSR count). The Morgan fingerprint density at radius 2 is 2.21 bits per heavy atom. The summed E-state index contributed by atoms with van der Waals surface area (Å²) < 4.78 is 12.5. The van der Waals surface area contributed by atoms with Crippen molar-refractivity contribution in [2.75, 3.05) is 14.2 Å². The van der Waals surface area contributed by atoms with Gasteiger partial charge in [-0.3, -0.25) is 9.20 Å². The summed E-state index contributed by atoms with van der Waals surface area (Å²) in [4.78, 5) is 17.6. The Morgan fingerprint density at radius 1 is 1.38 bits per heavy atom. The molecule has 2 aromatic heterocycles. The van der Waals surface area contributed by atoms with Crippen molar-refractivity contribution in [1.29, 1.82) is 0 Å². The third kappa shape index (κ3) is 3.35. The van der Waals surface area contributed by atoms with Gasteiger partial charge in [-0.2, -0.15) is 0 Å². The number of fused-ring (bicyclic) bond motifs is 1. The molecule has 1 amide bonds. The molecule has 3 aromatic rings. The van der Waals surface area contributed by atoms with Gasteiger partial charge in [-0.1, -0.05) is 0 Å². The molecular weight excluding hydrogens is 326 g/mol. The molecule has 1 unspecified atom stereocenters. The van der Waals surface area contributed by atoms with Gasteiger partial charge in [-0.05, 0) is 25.1 Å². The van der Waals surface area contributed by atoms with Crippen molar-refractivity contribution in [3.63, 3.8) is 0 Å². The van der Waals surface area contributed by atoms with Crippen LogP contribution in [0.4, 0.5) is 0 Å². The van der Waals surface area contributed by atoms with Gasteiger partial charge in [-0.15, -0.1) is 11.3 Å². The summed E-state index contributed by atoms with van der Waals surface area (Å²) in [6.45, 7) is 1.92. The van der Waals surface area contributed by atoms with Gasteiger partial charge in [0.05, 0.1) is 32.4 Å². The quantitative estimate of drug-likeness (QED) is 0.746. The van der Waals surface area contributed by atoms with Crippen LogP contribution in [-0.2, 0) is 11.2 Å². The average Bonchev–Trinajstić information content (AvgIpc) is 3.15. The first-order valence-electron chi connectivity index (χ1n) is 7.53. The fourth-order valence-corrected chi connectivity index (χ4v) is 3.29. The lowest BCUT2D eigenvalue weighted by Gasteiger charge is -2.18. The number of hydrogen-bond donors (Lipinski definition) is 1. The van der Waals surface area contributed by atoms with Crippen LogP contribution in [0.2, 0.25) is 0 Å². The number of benzene rings is 1. The molecule has 0 bridgehead atoms. The highest BCUT2D eigenvalue weighted by molar-refractivity contribution is 7.15. The lowest BCUT2D eigenvalue weighted by Crippen LogP contribution is -2.28. The summed E-state index contributed by atoms with van der Waals surface area (Å²) >= 11 is 1.54. The number of nitrogens with one attached hydrogen (secondary N) is 1. The zero-order valence-electron chi connectivity index (χ0n) is 13.8. The van der Waals surface area contributed by atoms with Gasteiger partial charge in [0.15, 0.2) is 4.96 Å². The average molecular weight is 345 g/mol. The summed E-state index contributed by atoms with van der Waals surface area (Å²) in [5.41, 5.74) is 1.63. The second-order valence-electron chi connectivity index (χ2n) is 5.40. The predicted octanol–water partition coefficient (Wildman–Crippen LogP) is 2.83. The summed E-state index contributed by atoms with van der Waals surface area (Å²) in [7, 11) is 3.22. The van der Waals surface area contributed by atoms with Crippen LogP contribution in [0.1, 0.15) is 24.2 Å². The third-order valence-corrected chi connectivity index (χ3v) is 4.54. The van der Waals surface area contributed by atoms with E-state index in [1.165, 1.54) is 0 Å². The van der Waals surface area contributed by atoms with E-state index in [2.05, 4.69) is 10.3 Å². The zero-order chi connectivity index (χ0) is 17.1. The van der Waals surface area contributed by atoms with Crippen LogP contribution in [0.15, 0.2) is 36.0 Å². The third-order valence-electron chi connectivity index (χ3n) is 3.77. The molecule has 1 N–H and O–H groups in total. The molecule has 24 heavy (non-hydrogen) atoms. The number of imidazole rings is 1. The van der Waals surface area contributed by atoms with Gasteiger partial charge >= 0.3 is 0 Å². The molecule has 1 aromatic carbocycles. The Morgan fingerprint density at radius 3 is 2.92 bits per heavy atom. The van der Waals surface area contributed by atoms with Gasteiger partial charge in [0.2, 0.25) is 5.91 Å². The second kappa shape index (κ2) is 6.92. The number of amides is 1. The Labute approximate surface area is 144 Å². The number of carbonyl (C=O) groups excluding carboxylic acids is 1. The maximum atomic E-state index is 12.3. The van der Waals surface area contributed by atoms with Gasteiger partial charge in [-0.25, -0.2) is 4.98 Å². The van der Waals surface area contributed by atoms with Crippen molar-refractivity contribution in [1.82, 2.24) is 14.7 Å². The summed E-state index contributed by atoms with van der Waals surface area (Å²) in [6.07, 6.45) is 4.05. The Kier molecular flexibility index (Phi) is 4.71. The number of ether oxygens (including phenoxy) is 2. The van der Waals surface area contributed by atoms with E-state index in [-0.39, 0.29) is 18.4 Å². The Hall–Kier alpha value is -2.54. The number of hydrogen-bond acceptors (Lipinski definition) is 5. The largest absolute Gasteiger partial charge is 0.497 e. The highest BCUT2D eigenvalue weighted by atomic mass is 32.1. The van der Waals surface area contributed by atoms with Crippen molar-refractivity contribution >= 4 is 22.2 Å². The maximum Gasteiger partial charge on any atom is 0.226 e. The predicted molar refractivity (Wildman–Crippen MR) is 92.9 cm³/mol. The molecule has 2 heterocycles. The van der Waals surface area contributed by atoms with Gasteiger partial charge in [0, 0.05) is 23.3 Å². The van der Waals surface area contributed by atoms with Gasteiger partial charge in [0.1, 0.15) is 11.5 Å². The lowest BCUT2D eigenvalue weighted by molar-refractivity contribution is -0.121. The molecule has 0 radical (unpaired) electrons. The Balaban J connectivity index is 1.70. The van der Waals surface area contributed by atoms with E-state index < -0.39 is 0 Å². The number of carbonyl (C=O) groups is 1. The molecule has 0 aliphatic rings. The standard InChI is InChI=1S/C17H19N3O3S/c1-11(14-9-13(22-2)4-5-15(14)23-3)18-16(21)8-12-10-20-6-7-24-17(20)19-12/h4-7,9-11H,8H2,1-3H3,(H,18,21). The lowest BCUT2D eigenvalue weighted by atomic mass is 10.1. The number of thiazole rings is 1. The Bertz CT molecular complexity index is 827. The van der Waals surface area contributed by atoms with E-state index in [1.54, 1.807) is 25.6 Å². The summed E-state index contributed by atoms with van der Waals surface area (Å²) in [5, 5.41) is 4.95. The van der Waals surface area contributed by atoms with E-state index in [4.69, 9.17) is 9.47 Å². The van der Waals surface area contributed by atoms with Crippen LogP contribution < -0.4 is 14.8 Å². The molecule has 6 nitrogen and oxygen atoms in total. The molecule has 0 aliphatic carbocycles. The van der Waals surface area contributed by atoms with Crippen LogP contribution in [0, 0.1) is 0 Å². The molecule has 0 saturated carbocycles. The molecular formula is C17H19N3O3S. The first-order valence-corrected chi connectivity index (χ1v) is 8.41. The molecule has 1 atom stereocenters. The van der Waals surface area contributed by atoms with Crippen LogP contribution >= 0.6 is 11.3 Å². The number of aromatic nitrogens is 2. The van der Waals surface area contributed by atoms with E-state index in [9.17, 15) is 4.79 Å². The molecule has 0 fully saturated rings. The fraction of sp³-hybridized carbons (Fsp3) is 0.294. The number of methoxy groups -OCH3 is 2. The second-order valence-corrected chi connectivity index (χ2v) is 6.27. The van der Waals surface area contributed by atoms with E-state index in [0.717, 1.165) is 22.0 Å². The minimum Gasteiger partial charge on any atom is -0.497 e. The summed E-state index contributed by atoms with van der Waals surface area (Å²) in [6, 6.07) is 5.33. The first kappa shape index (κ1) is 16.3. The smallest absolute Gasteiger partial charge is 0.226 e. The van der Waals surface area contributed by atoms with Crippen molar-refractivity contribution in [2.24, 2.45) is 0 Å². The fourth-order valence-electron chi connectivity index (χ4n) is 2.57. The molecule has 0 aliphatic heterocycles. The van der Waals surface area contributed by atoms with E-state index >= 15 is 0 Å². The summed E-state index contributed by atoms with van der Waals surface area (Å²) in [5.74, 6) is 1.35. The topological polar surface area (TPSA) is 64.9 Å². The highest BCUT2D eigenvalue weighted by Crippen LogP contribution is 2.29. The highest BCUT2D eigenvalue weighted by Gasteiger charge is 2.16. The number of nitrogens with zero attached hydrogens (tertiary/aromatic N) is 2. The molecule has 126 valence electrons. The first-order chi connectivity index (χ1) is 11.6. The zero-order valence-corrected chi connectivity index (χ0v) is 14.6. The normalized spacial score (nSPS) is 12.1. The van der Waals surface area contributed by atoms with Crippen molar-refractivity contribution in [3.05, 3.63) is 47.2 Å². The van der Waals surface area contributed by atoms with Gasteiger partial charge < -0.3 is 14.8 Å².